The van der Waals surface area contributed by atoms with Gasteiger partial charge in [-0.05, 0) is 24.6 Å². The van der Waals surface area contributed by atoms with Crippen LogP contribution in [-0.4, -0.2) is 18.4 Å². The minimum Gasteiger partial charge on any atom is -0.398 e. The number of nitrogens with zero attached hydrogens (tertiary/aromatic N) is 2. The summed E-state index contributed by atoms with van der Waals surface area (Å²) in [6, 6.07) is 3.15. The summed E-state index contributed by atoms with van der Waals surface area (Å²) >= 11 is 0. The Labute approximate surface area is 105 Å². The van der Waals surface area contributed by atoms with Crippen LogP contribution in [0.3, 0.4) is 0 Å². The largest absolute Gasteiger partial charge is 0.398 e. The molecule has 2 aromatic rings. The molecule has 2 heterocycles. The summed E-state index contributed by atoms with van der Waals surface area (Å²) in [5.41, 5.74) is 6.97. The van der Waals surface area contributed by atoms with E-state index in [1.54, 1.807) is 19.2 Å². The van der Waals surface area contributed by atoms with Crippen LogP contribution < -0.4 is 10.5 Å². The first-order valence-electron chi connectivity index (χ1n) is 5.13. The third kappa shape index (κ3) is 2.40. The van der Waals surface area contributed by atoms with Gasteiger partial charge in [0.15, 0.2) is 0 Å². The highest BCUT2D eigenvalue weighted by Gasteiger charge is 2.18. The van der Waals surface area contributed by atoms with E-state index in [1.807, 2.05) is 0 Å². The average Bonchev–Trinajstić information content (AvgIpc) is 2.32. The third-order valence-corrected chi connectivity index (χ3v) is 3.80. The van der Waals surface area contributed by atoms with Crippen LogP contribution in [0, 0.1) is 6.92 Å². The molecule has 0 unspecified atom stereocenters. The number of aryl methyl sites for hydroxylation is 1. The average molecular weight is 264 g/mol. The van der Waals surface area contributed by atoms with Crippen molar-refractivity contribution in [3.63, 3.8) is 0 Å². The molecule has 0 radical (unpaired) electrons. The Morgan fingerprint density at radius 3 is 2.50 bits per heavy atom. The van der Waals surface area contributed by atoms with Gasteiger partial charge in [-0.2, -0.15) is 0 Å². The van der Waals surface area contributed by atoms with E-state index < -0.39 is 10.0 Å². The van der Waals surface area contributed by atoms with Gasteiger partial charge in [0.2, 0.25) is 0 Å². The van der Waals surface area contributed by atoms with E-state index in [0.717, 1.165) is 5.56 Å². The van der Waals surface area contributed by atoms with Crippen molar-refractivity contribution in [3.8, 4) is 0 Å². The minimum atomic E-state index is -3.74. The zero-order valence-corrected chi connectivity index (χ0v) is 10.5. The van der Waals surface area contributed by atoms with Crippen LogP contribution in [0.15, 0.2) is 41.8 Å². The van der Waals surface area contributed by atoms with Gasteiger partial charge in [0.05, 0.1) is 17.6 Å². The summed E-state index contributed by atoms with van der Waals surface area (Å²) in [5, 5.41) is 0. The van der Waals surface area contributed by atoms with Crippen molar-refractivity contribution in [3.05, 3.63) is 42.5 Å². The quantitative estimate of drug-likeness (QED) is 0.867. The number of nitrogen functional groups attached to an aromatic ring is 1. The maximum absolute atomic E-state index is 12.1. The molecule has 3 N–H and O–H groups in total. The monoisotopic (exact) mass is 264 g/mol. The number of pyridine rings is 2. The highest BCUT2D eigenvalue weighted by Crippen LogP contribution is 2.21. The number of hydrogen-bond donors (Lipinski definition) is 2. The van der Waals surface area contributed by atoms with Gasteiger partial charge in [0.1, 0.15) is 4.90 Å². The number of sulfonamides is 1. The minimum absolute atomic E-state index is 0.0479. The van der Waals surface area contributed by atoms with Crippen LogP contribution >= 0.6 is 0 Å². The maximum atomic E-state index is 12.1. The second kappa shape index (κ2) is 4.61. The van der Waals surface area contributed by atoms with Gasteiger partial charge < -0.3 is 5.73 Å². The Balaban J connectivity index is 2.40. The van der Waals surface area contributed by atoms with Crippen LogP contribution in [0.1, 0.15) is 5.56 Å². The molecule has 2 aromatic heterocycles. The van der Waals surface area contributed by atoms with Crippen molar-refractivity contribution in [2.45, 2.75) is 11.8 Å². The smallest absolute Gasteiger partial charge is 0.265 e. The fraction of sp³-hybridized carbons (Fsp3) is 0.0909. The summed E-state index contributed by atoms with van der Waals surface area (Å²) in [5.74, 6) is 0. The van der Waals surface area contributed by atoms with E-state index in [2.05, 4.69) is 14.7 Å². The highest BCUT2D eigenvalue weighted by atomic mass is 32.2. The Hall–Kier alpha value is -2.15. The van der Waals surface area contributed by atoms with Gasteiger partial charge in [-0.15, -0.1) is 0 Å². The lowest BCUT2D eigenvalue weighted by Crippen LogP contribution is -2.15. The zero-order chi connectivity index (χ0) is 13.2. The number of aromatic nitrogens is 2. The van der Waals surface area contributed by atoms with Crippen molar-refractivity contribution in [1.29, 1.82) is 0 Å². The molecule has 0 fully saturated rings. The van der Waals surface area contributed by atoms with Gasteiger partial charge in [-0.1, -0.05) is 0 Å². The predicted octanol–water partition coefficient (Wildman–Crippen LogP) is 1.17. The first kappa shape index (κ1) is 12.3. The molecule has 0 aliphatic heterocycles. The summed E-state index contributed by atoms with van der Waals surface area (Å²) in [7, 11) is -3.74. The molecule has 94 valence electrons. The summed E-state index contributed by atoms with van der Waals surface area (Å²) < 4.78 is 26.7. The number of nitrogens with one attached hydrogen (secondary N) is 1. The zero-order valence-electron chi connectivity index (χ0n) is 9.66. The van der Waals surface area contributed by atoms with Gasteiger partial charge in [-0.3, -0.25) is 14.7 Å². The van der Waals surface area contributed by atoms with E-state index in [1.165, 1.54) is 24.7 Å². The Bertz CT molecular complexity index is 670. The van der Waals surface area contributed by atoms with Gasteiger partial charge in [-0.25, -0.2) is 8.42 Å². The summed E-state index contributed by atoms with van der Waals surface area (Å²) in [6.07, 6.45) is 5.68. The third-order valence-electron chi connectivity index (χ3n) is 2.39. The molecule has 0 aliphatic carbocycles. The van der Waals surface area contributed by atoms with E-state index in [0.29, 0.717) is 5.69 Å². The molecule has 18 heavy (non-hydrogen) atoms. The van der Waals surface area contributed by atoms with Crippen LogP contribution in [0.5, 0.6) is 0 Å². The Morgan fingerprint density at radius 2 is 1.83 bits per heavy atom. The Kier molecular flexibility index (Phi) is 3.15. The number of nitrogens with two attached hydrogens (primary N) is 1. The fourth-order valence-corrected chi connectivity index (χ4v) is 2.58. The molecule has 0 spiro atoms. The van der Waals surface area contributed by atoms with E-state index in [-0.39, 0.29) is 10.6 Å². The van der Waals surface area contributed by atoms with Crippen LogP contribution in [0.2, 0.25) is 0 Å². The summed E-state index contributed by atoms with van der Waals surface area (Å²) in [4.78, 5) is 7.59. The molecule has 6 nitrogen and oxygen atoms in total. The molecule has 2 rings (SSSR count). The first-order chi connectivity index (χ1) is 8.50. The van der Waals surface area contributed by atoms with E-state index >= 15 is 0 Å². The lowest BCUT2D eigenvalue weighted by molar-refractivity contribution is 0.601. The molecule has 0 aromatic carbocycles. The fourth-order valence-electron chi connectivity index (χ4n) is 1.39. The molecular weight excluding hydrogens is 252 g/mol. The van der Waals surface area contributed by atoms with Crippen molar-refractivity contribution >= 4 is 21.4 Å². The molecule has 7 heteroatoms. The lowest BCUT2D eigenvalue weighted by atomic mass is 10.3. The van der Waals surface area contributed by atoms with Crippen molar-refractivity contribution < 1.29 is 8.42 Å². The maximum Gasteiger partial charge on any atom is 0.265 e. The number of anilines is 2. The first-order valence-corrected chi connectivity index (χ1v) is 6.62. The summed E-state index contributed by atoms with van der Waals surface area (Å²) in [6.45, 7) is 1.78. The van der Waals surface area contributed by atoms with Gasteiger partial charge >= 0.3 is 0 Å². The molecule has 0 saturated carbocycles. The van der Waals surface area contributed by atoms with Crippen LogP contribution in [0.25, 0.3) is 0 Å². The van der Waals surface area contributed by atoms with Gasteiger partial charge in [0, 0.05) is 18.6 Å². The molecule has 0 aliphatic rings. The highest BCUT2D eigenvalue weighted by molar-refractivity contribution is 7.92. The topological polar surface area (TPSA) is 98.0 Å². The molecule has 0 amide bonds. The molecule has 0 saturated heterocycles. The SMILES string of the molecule is Cc1ccncc1NS(=O)(=O)c1cnccc1N. The second-order valence-electron chi connectivity index (χ2n) is 3.71. The molecular formula is C11H12N4O2S. The van der Waals surface area contributed by atoms with Crippen LogP contribution in [0.4, 0.5) is 11.4 Å². The number of hydrogen-bond acceptors (Lipinski definition) is 5. The second-order valence-corrected chi connectivity index (χ2v) is 5.36. The molecule has 0 atom stereocenters. The van der Waals surface area contributed by atoms with Crippen molar-refractivity contribution in [2.24, 2.45) is 0 Å². The van der Waals surface area contributed by atoms with Gasteiger partial charge in [0.25, 0.3) is 10.0 Å². The standard InChI is InChI=1S/C11H12N4O2S/c1-8-2-4-13-6-10(8)15-18(16,17)11-7-14-5-3-9(11)12/h2-7,15H,1H3,(H2,12,14). The van der Waals surface area contributed by atoms with Crippen molar-refractivity contribution in [2.75, 3.05) is 10.5 Å². The lowest BCUT2D eigenvalue weighted by Gasteiger charge is -2.10. The van der Waals surface area contributed by atoms with E-state index in [9.17, 15) is 8.42 Å². The predicted molar refractivity (Wildman–Crippen MR) is 68.4 cm³/mol. The normalized spacial score (nSPS) is 11.2. The molecule has 0 bridgehead atoms. The van der Waals surface area contributed by atoms with Crippen LogP contribution in [-0.2, 0) is 10.0 Å². The Morgan fingerprint density at radius 1 is 1.17 bits per heavy atom. The van der Waals surface area contributed by atoms with Crippen molar-refractivity contribution in [1.82, 2.24) is 9.97 Å². The number of rotatable bonds is 3. The van der Waals surface area contributed by atoms with E-state index in [4.69, 9.17) is 5.73 Å².